The maximum atomic E-state index is 11.8. The van der Waals surface area contributed by atoms with Gasteiger partial charge in [0.2, 0.25) is 0 Å². The summed E-state index contributed by atoms with van der Waals surface area (Å²) in [4.78, 5) is 11.8. The van der Waals surface area contributed by atoms with Crippen molar-refractivity contribution in [1.29, 1.82) is 0 Å². The molecular formula is C13H20O2S. The van der Waals surface area contributed by atoms with E-state index in [0.717, 1.165) is 19.3 Å². The smallest absolute Gasteiger partial charge is 0.146 e. The van der Waals surface area contributed by atoms with Crippen molar-refractivity contribution >= 4 is 17.5 Å². The van der Waals surface area contributed by atoms with Gasteiger partial charge in [-0.2, -0.15) is 11.8 Å². The number of rotatable bonds is 3. The van der Waals surface area contributed by atoms with Crippen LogP contribution in [0.1, 0.15) is 33.1 Å². The van der Waals surface area contributed by atoms with Crippen LogP contribution in [-0.2, 0) is 4.79 Å². The van der Waals surface area contributed by atoms with Crippen molar-refractivity contribution in [3.05, 3.63) is 23.5 Å². The zero-order valence-corrected chi connectivity index (χ0v) is 11.0. The van der Waals surface area contributed by atoms with Gasteiger partial charge in [-0.05, 0) is 44.9 Å². The summed E-state index contributed by atoms with van der Waals surface area (Å²) in [6.45, 7) is 3.70. The monoisotopic (exact) mass is 240 g/mol. The molecule has 1 rings (SSSR count). The number of allylic oxidation sites excluding steroid dienone is 4. The van der Waals surface area contributed by atoms with Gasteiger partial charge in [0.05, 0.1) is 11.0 Å². The quantitative estimate of drug-likeness (QED) is 0.606. The van der Waals surface area contributed by atoms with Gasteiger partial charge in [-0.15, -0.1) is 0 Å². The molecule has 0 radical (unpaired) electrons. The van der Waals surface area contributed by atoms with Crippen molar-refractivity contribution in [2.45, 2.75) is 38.4 Å². The number of carbonyl (C=O) groups excluding carboxylic acids is 1. The lowest BCUT2D eigenvalue weighted by Crippen LogP contribution is -2.31. The Labute approximate surface area is 102 Å². The molecule has 90 valence electrons. The van der Waals surface area contributed by atoms with E-state index < -0.39 is 0 Å². The lowest BCUT2D eigenvalue weighted by molar-refractivity contribution is -0.120. The van der Waals surface area contributed by atoms with Crippen molar-refractivity contribution in [1.82, 2.24) is 0 Å². The van der Waals surface area contributed by atoms with Crippen LogP contribution in [0.3, 0.4) is 0 Å². The predicted molar refractivity (Wildman–Crippen MR) is 69.8 cm³/mol. The van der Waals surface area contributed by atoms with E-state index in [2.05, 4.69) is 0 Å². The standard InChI is InChI=1S/C13H20O2S/c1-9(7-8-10(2)14)11-5-4-6-12(15)13(11)16-3/h7-8,11,13-14H,4-6H2,1-3H3/b9-7+,10-8+/t11-,13-/m1/s1. The number of hydrogen-bond donors (Lipinski definition) is 1. The number of Topliss-reactive ketones (excluding diaryl/α,β-unsaturated/α-hetero) is 1. The number of hydrogen-bond acceptors (Lipinski definition) is 3. The summed E-state index contributed by atoms with van der Waals surface area (Å²) in [6.07, 6.45) is 8.44. The maximum absolute atomic E-state index is 11.8. The van der Waals surface area contributed by atoms with E-state index in [9.17, 15) is 4.79 Å². The summed E-state index contributed by atoms with van der Waals surface area (Å²) < 4.78 is 0. The highest BCUT2D eigenvalue weighted by atomic mass is 32.2. The van der Waals surface area contributed by atoms with Crippen molar-refractivity contribution in [3.8, 4) is 0 Å². The minimum atomic E-state index is 0.109. The Morgan fingerprint density at radius 2 is 2.12 bits per heavy atom. The highest BCUT2D eigenvalue weighted by Crippen LogP contribution is 2.34. The second-order valence-electron chi connectivity index (χ2n) is 4.34. The van der Waals surface area contributed by atoms with Gasteiger partial charge in [0.1, 0.15) is 5.78 Å². The fourth-order valence-corrected chi connectivity index (χ4v) is 3.21. The van der Waals surface area contributed by atoms with E-state index in [-0.39, 0.29) is 5.25 Å². The van der Waals surface area contributed by atoms with Crippen LogP contribution in [0.25, 0.3) is 0 Å². The van der Waals surface area contributed by atoms with E-state index in [1.807, 2.05) is 19.3 Å². The SMILES string of the molecule is CS[C@H]1C(=O)CCC[C@@H]1/C(C)=C/C=C(\C)O. The molecule has 2 nitrogen and oxygen atoms in total. The molecule has 1 saturated carbocycles. The number of aliphatic hydroxyl groups excluding tert-OH is 1. The number of thioether (sulfide) groups is 1. The van der Waals surface area contributed by atoms with Crippen LogP contribution in [0, 0.1) is 5.92 Å². The number of ketones is 1. The first-order valence-corrected chi connectivity index (χ1v) is 6.94. The Morgan fingerprint density at radius 1 is 1.44 bits per heavy atom. The molecule has 0 aromatic heterocycles. The Balaban J connectivity index is 2.80. The molecule has 1 N–H and O–H groups in total. The van der Waals surface area contributed by atoms with Crippen molar-refractivity contribution in [2.24, 2.45) is 5.92 Å². The van der Waals surface area contributed by atoms with E-state index in [4.69, 9.17) is 5.11 Å². The van der Waals surface area contributed by atoms with Gasteiger partial charge < -0.3 is 5.11 Å². The summed E-state index contributed by atoms with van der Waals surface area (Å²) in [5.41, 5.74) is 1.20. The zero-order chi connectivity index (χ0) is 12.1. The topological polar surface area (TPSA) is 37.3 Å². The summed E-state index contributed by atoms with van der Waals surface area (Å²) in [6, 6.07) is 0. The fourth-order valence-electron chi connectivity index (χ4n) is 2.15. The molecule has 2 atom stereocenters. The third-order valence-electron chi connectivity index (χ3n) is 3.05. The molecule has 0 aliphatic heterocycles. The predicted octanol–water partition coefficient (Wildman–Crippen LogP) is 3.50. The summed E-state index contributed by atoms with van der Waals surface area (Å²) in [5, 5.41) is 9.23. The maximum Gasteiger partial charge on any atom is 0.146 e. The zero-order valence-electron chi connectivity index (χ0n) is 10.2. The molecule has 0 unspecified atom stereocenters. The molecule has 0 amide bonds. The molecule has 0 aromatic rings. The first-order valence-electron chi connectivity index (χ1n) is 5.65. The van der Waals surface area contributed by atoms with E-state index in [0.29, 0.717) is 17.5 Å². The average Bonchev–Trinajstić information content (AvgIpc) is 2.25. The summed E-state index contributed by atoms with van der Waals surface area (Å²) >= 11 is 1.65. The second-order valence-corrected chi connectivity index (χ2v) is 5.32. The molecule has 0 spiro atoms. The lowest BCUT2D eigenvalue weighted by atomic mass is 9.83. The van der Waals surface area contributed by atoms with Gasteiger partial charge in [-0.3, -0.25) is 4.79 Å². The molecule has 0 saturated heterocycles. The number of carbonyl (C=O) groups is 1. The molecule has 0 aromatic carbocycles. The molecule has 1 fully saturated rings. The first kappa shape index (κ1) is 13.4. The summed E-state index contributed by atoms with van der Waals surface area (Å²) in [7, 11) is 0. The van der Waals surface area contributed by atoms with Crippen LogP contribution in [0.5, 0.6) is 0 Å². The van der Waals surface area contributed by atoms with Gasteiger partial charge in [-0.25, -0.2) is 0 Å². The van der Waals surface area contributed by atoms with Crippen LogP contribution < -0.4 is 0 Å². The van der Waals surface area contributed by atoms with Crippen molar-refractivity contribution < 1.29 is 9.90 Å². The minimum absolute atomic E-state index is 0.109. The fraction of sp³-hybridized carbons (Fsp3) is 0.615. The van der Waals surface area contributed by atoms with Crippen LogP contribution in [0.2, 0.25) is 0 Å². The van der Waals surface area contributed by atoms with E-state index in [1.165, 1.54) is 5.57 Å². The van der Waals surface area contributed by atoms with Gasteiger partial charge in [0.15, 0.2) is 0 Å². The molecule has 1 aliphatic carbocycles. The van der Waals surface area contributed by atoms with Crippen molar-refractivity contribution in [3.63, 3.8) is 0 Å². The second kappa shape index (κ2) is 6.14. The van der Waals surface area contributed by atoms with Crippen LogP contribution in [0.15, 0.2) is 23.5 Å². The molecule has 0 bridgehead atoms. The average molecular weight is 240 g/mol. The Hall–Kier alpha value is -0.700. The lowest BCUT2D eigenvalue weighted by Gasteiger charge is -2.29. The third-order valence-corrected chi connectivity index (χ3v) is 4.15. The summed E-state index contributed by atoms with van der Waals surface area (Å²) in [5.74, 6) is 1.02. The van der Waals surface area contributed by atoms with Gasteiger partial charge in [0, 0.05) is 6.42 Å². The Kier molecular flexibility index (Phi) is 5.13. The molecule has 3 heteroatoms. The third kappa shape index (κ3) is 3.41. The number of aliphatic hydroxyl groups is 1. The molecular weight excluding hydrogens is 220 g/mol. The van der Waals surface area contributed by atoms with Crippen LogP contribution in [0.4, 0.5) is 0 Å². The van der Waals surface area contributed by atoms with Crippen LogP contribution in [-0.4, -0.2) is 22.4 Å². The van der Waals surface area contributed by atoms with Gasteiger partial charge >= 0.3 is 0 Å². The van der Waals surface area contributed by atoms with Gasteiger partial charge in [0.25, 0.3) is 0 Å². The molecule has 16 heavy (non-hydrogen) atoms. The molecule has 1 aliphatic rings. The van der Waals surface area contributed by atoms with Crippen LogP contribution >= 0.6 is 11.8 Å². The van der Waals surface area contributed by atoms with Crippen molar-refractivity contribution in [2.75, 3.05) is 6.26 Å². The molecule has 0 heterocycles. The Morgan fingerprint density at radius 3 is 2.69 bits per heavy atom. The highest BCUT2D eigenvalue weighted by molar-refractivity contribution is 7.99. The van der Waals surface area contributed by atoms with E-state index in [1.54, 1.807) is 24.8 Å². The minimum Gasteiger partial charge on any atom is -0.513 e. The first-order chi connectivity index (χ1) is 7.56. The highest BCUT2D eigenvalue weighted by Gasteiger charge is 2.31. The Bertz CT molecular complexity index is 314. The largest absolute Gasteiger partial charge is 0.513 e. The normalized spacial score (nSPS) is 28.3. The van der Waals surface area contributed by atoms with Gasteiger partial charge in [-0.1, -0.05) is 11.6 Å². The van der Waals surface area contributed by atoms with E-state index >= 15 is 0 Å².